The largest absolute Gasteiger partial charge is 0.396 e. The van der Waals surface area contributed by atoms with Crippen LogP contribution in [-0.2, 0) is 0 Å². The Bertz CT molecular complexity index is 710. The van der Waals surface area contributed by atoms with Crippen molar-refractivity contribution in [3.05, 3.63) is 34.9 Å². The van der Waals surface area contributed by atoms with E-state index in [1.54, 1.807) is 5.57 Å². The van der Waals surface area contributed by atoms with Gasteiger partial charge in [-0.3, -0.25) is 0 Å². The molecule has 3 N–H and O–H groups in total. The molecule has 5 unspecified atom stereocenters. The SMILES string of the molecule is CC(CCCC(C)(C)O)C1CCC2/C(=C/C=C3/CC/C(=C/CCO)C(O)C3)CCCC21C. The number of aliphatic hydroxyl groups excluding tert-OH is 2. The number of rotatable bonds is 8. The monoisotopic (exact) mass is 444 g/mol. The van der Waals surface area contributed by atoms with Gasteiger partial charge in [0.25, 0.3) is 0 Å². The van der Waals surface area contributed by atoms with Gasteiger partial charge < -0.3 is 15.3 Å². The summed E-state index contributed by atoms with van der Waals surface area (Å²) in [4.78, 5) is 0. The summed E-state index contributed by atoms with van der Waals surface area (Å²) in [5.41, 5.74) is 3.99. The van der Waals surface area contributed by atoms with Gasteiger partial charge in [0.15, 0.2) is 0 Å². The predicted molar refractivity (Wildman–Crippen MR) is 133 cm³/mol. The Labute approximate surface area is 196 Å². The van der Waals surface area contributed by atoms with Gasteiger partial charge in [-0.05, 0) is 107 Å². The van der Waals surface area contributed by atoms with Crippen LogP contribution in [0.15, 0.2) is 34.9 Å². The highest BCUT2D eigenvalue weighted by Gasteiger charge is 2.50. The quantitative estimate of drug-likeness (QED) is 0.375. The van der Waals surface area contributed by atoms with E-state index in [2.05, 4.69) is 26.0 Å². The van der Waals surface area contributed by atoms with Crippen LogP contribution in [0.2, 0.25) is 0 Å². The minimum atomic E-state index is -0.543. The van der Waals surface area contributed by atoms with Crippen LogP contribution in [-0.4, -0.2) is 33.6 Å². The van der Waals surface area contributed by atoms with Crippen molar-refractivity contribution in [2.75, 3.05) is 6.61 Å². The van der Waals surface area contributed by atoms with Crippen LogP contribution in [0.25, 0.3) is 0 Å². The smallest absolute Gasteiger partial charge is 0.0787 e. The zero-order valence-corrected chi connectivity index (χ0v) is 21.1. The molecule has 0 aromatic carbocycles. The van der Waals surface area contributed by atoms with Crippen LogP contribution in [0.5, 0.6) is 0 Å². The number of aliphatic hydroxyl groups is 3. The average Bonchev–Trinajstić information content (AvgIpc) is 3.08. The Kier molecular flexibility index (Phi) is 8.85. The maximum absolute atomic E-state index is 10.5. The molecule has 5 atom stereocenters. The molecule has 0 saturated heterocycles. The topological polar surface area (TPSA) is 60.7 Å². The molecule has 3 nitrogen and oxygen atoms in total. The maximum atomic E-state index is 10.5. The lowest BCUT2D eigenvalue weighted by molar-refractivity contribution is 0.0596. The molecule has 0 bridgehead atoms. The Hall–Kier alpha value is -0.900. The summed E-state index contributed by atoms with van der Waals surface area (Å²) >= 11 is 0. The first-order chi connectivity index (χ1) is 15.1. The summed E-state index contributed by atoms with van der Waals surface area (Å²) in [6.45, 7) is 9.02. The fourth-order valence-electron chi connectivity index (χ4n) is 7.09. The summed E-state index contributed by atoms with van der Waals surface area (Å²) in [5, 5.41) is 29.6. The second kappa shape index (κ2) is 11.0. The molecule has 3 saturated carbocycles. The van der Waals surface area contributed by atoms with E-state index in [-0.39, 0.29) is 12.7 Å². The number of allylic oxidation sites excluding steroid dienone is 3. The Morgan fingerprint density at radius 3 is 2.59 bits per heavy atom. The first-order valence-electron chi connectivity index (χ1n) is 13.2. The number of fused-ring (bicyclic) bond motifs is 1. The third kappa shape index (κ3) is 6.36. The average molecular weight is 445 g/mol. The molecular formula is C29H48O3. The van der Waals surface area contributed by atoms with Gasteiger partial charge in [-0.15, -0.1) is 0 Å². The Morgan fingerprint density at radius 1 is 1.12 bits per heavy atom. The number of hydrogen-bond donors (Lipinski definition) is 3. The zero-order valence-electron chi connectivity index (χ0n) is 21.1. The molecule has 3 fully saturated rings. The summed E-state index contributed by atoms with van der Waals surface area (Å²) in [5.74, 6) is 2.23. The molecule has 0 heterocycles. The summed E-state index contributed by atoms with van der Waals surface area (Å²) in [6.07, 6.45) is 19.5. The van der Waals surface area contributed by atoms with E-state index in [1.165, 1.54) is 44.1 Å². The van der Waals surface area contributed by atoms with Crippen molar-refractivity contribution in [2.45, 2.75) is 116 Å². The van der Waals surface area contributed by atoms with Crippen molar-refractivity contribution in [1.82, 2.24) is 0 Å². The molecule has 182 valence electrons. The summed E-state index contributed by atoms with van der Waals surface area (Å²) < 4.78 is 0. The van der Waals surface area contributed by atoms with E-state index in [0.717, 1.165) is 49.5 Å². The van der Waals surface area contributed by atoms with E-state index < -0.39 is 5.60 Å². The highest BCUT2D eigenvalue weighted by molar-refractivity contribution is 5.28. The van der Waals surface area contributed by atoms with Crippen molar-refractivity contribution in [2.24, 2.45) is 23.2 Å². The van der Waals surface area contributed by atoms with Gasteiger partial charge in [-0.1, -0.05) is 56.1 Å². The van der Waals surface area contributed by atoms with E-state index in [4.69, 9.17) is 5.11 Å². The van der Waals surface area contributed by atoms with Gasteiger partial charge >= 0.3 is 0 Å². The standard InChI is InChI=1S/C29H48O3/c1-21(8-5-17-28(2,3)32)25-15-16-26-23(9-6-18-29(25,26)4)13-11-22-12-14-24(10-7-19-30)27(31)20-22/h10-11,13,21,25-27,30-32H,5-9,12,14-20H2,1-4H3/b22-11-,23-13+,24-10-. The zero-order chi connectivity index (χ0) is 23.4. The van der Waals surface area contributed by atoms with Crippen LogP contribution in [0, 0.1) is 23.2 Å². The van der Waals surface area contributed by atoms with E-state index in [0.29, 0.717) is 17.8 Å². The van der Waals surface area contributed by atoms with Crippen LogP contribution in [0.1, 0.15) is 105 Å². The van der Waals surface area contributed by atoms with Crippen molar-refractivity contribution in [1.29, 1.82) is 0 Å². The fraction of sp³-hybridized carbons (Fsp3) is 0.793. The molecule has 0 amide bonds. The first kappa shape index (κ1) is 25.7. The van der Waals surface area contributed by atoms with Gasteiger partial charge in [0.1, 0.15) is 0 Å². The second-order valence-corrected chi connectivity index (χ2v) is 11.9. The van der Waals surface area contributed by atoms with Gasteiger partial charge in [0, 0.05) is 6.61 Å². The molecular weight excluding hydrogens is 396 g/mol. The molecule has 0 radical (unpaired) electrons. The van der Waals surface area contributed by atoms with E-state index in [1.807, 2.05) is 19.9 Å². The van der Waals surface area contributed by atoms with Gasteiger partial charge in [-0.25, -0.2) is 0 Å². The van der Waals surface area contributed by atoms with Crippen molar-refractivity contribution < 1.29 is 15.3 Å². The minimum Gasteiger partial charge on any atom is -0.396 e. The third-order valence-electron chi connectivity index (χ3n) is 8.86. The predicted octanol–water partition coefficient (Wildman–Crippen LogP) is 6.49. The molecule has 3 aliphatic rings. The van der Waals surface area contributed by atoms with E-state index >= 15 is 0 Å². The van der Waals surface area contributed by atoms with Gasteiger partial charge in [-0.2, -0.15) is 0 Å². The lowest BCUT2D eigenvalue weighted by atomic mass is 9.60. The van der Waals surface area contributed by atoms with Crippen molar-refractivity contribution in [3.63, 3.8) is 0 Å². The lowest BCUT2D eigenvalue weighted by Crippen LogP contribution is -2.36. The molecule has 0 aromatic rings. The molecule has 3 rings (SSSR count). The molecule has 0 aliphatic heterocycles. The summed E-state index contributed by atoms with van der Waals surface area (Å²) in [7, 11) is 0. The Morgan fingerprint density at radius 2 is 1.91 bits per heavy atom. The highest BCUT2D eigenvalue weighted by Crippen LogP contribution is 2.60. The second-order valence-electron chi connectivity index (χ2n) is 11.9. The van der Waals surface area contributed by atoms with Gasteiger partial charge in [0.2, 0.25) is 0 Å². The number of hydrogen-bond acceptors (Lipinski definition) is 3. The summed E-state index contributed by atoms with van der Waals surface area (Å²) in [6, 6.07) is 0. The van der Waals surface area contributed by atoms with Gasteiger partial charge in [0.05, 0.1) is 11.7 Å². The molecule has 3 aliphatic carbocycles. The van der Waals surface area contributed by atoms with Crippen LogP contribution in [0.3, 0.4) is 0 Å². The van der Waals surface area contributed by atoms with Crippen LogP contribution in [0.4, 0.5) is 0 Å². The van der Waals surface area contributed by atoms with Crippen molar-refractivity contribution in [3.8, 4) is 0 Å². The van der Waals surface area contributed by atoms with Crippen LogP contribution >= 0.6 is 0 Å². The fourth-order valence-corrected chi connectivity index (χ4v) is 7.09. The van der Waals surface area contributed by atoms with E-state index in [9.17, 15) is 10.2 Å². The third-order valence-corrected chi connectivity index (χ3v) is 8.86. The Balaban J connectivity index is 1.63. The van der Waals surface area contributed by atoms with Crippen molar-refractivity contribution >= 4 is 0 Å². The first-order valence-corrected chi connectivity index (χ1v) is 13.2. The molecule has 0 spiro atoms. The lowest BCUT2D eigenvalue weighted by Gasteiger charge is -2.44. The minimum absolute atomic E-state index is 0.157. The molecule has 0 aromatic heterocycles. The maximum Gasteiger partial charge on any atom is 0.0787 e. The van der Waals surface area contributed by atoms with Crippen LogP contribution < -0.4 is 0 Å². The normalized spacial score (nSPS) is 36.1. The molecule has 3 heteroatoms. The highest BCUT2D eigenvalue weighted by atomic mass is 16.3. The molecule has 32 heavy (non-hydrogen) atoms.